The summed E-state index contributed by atoms with van der Waals surface area (Å²) in [5.41, 5.74) is 0. The molecular weight excluding hydrogens is 272 g/mol. The fourth-order valence-electron chi connectivity index (χ4n) is 2.38. The Kier molecular flexibility index (Phi) is 4.31. The topological polar surface area (TPSA) is 50.3 Å². The van der Waals surface area contributed by atoms with Gasteiger partial charge in [0.1, 0.15) is 11.6 Å². The van der Waals surface area contributed by atoms with E-state index in [0.29, 0.717) is 6.04 Å². The normalized spacial score (nSPS) is 22.9. The van der Waals surface area contributed by atoms with Crippen LogP contribution in [0, 0.1) is 5.92 Å². The van der Waals surface area contributed by atoms with Gasteiger partial charge in [-0.05, 0) is 31.9 Å². The number of rotatable bonds is 5. The Balaban J connectivity index is 1.78. The van der Waals surface area contributed by atoms with Gasteiger partial charge in [0.15, 0.2) is 5.16 Å². The van der Waals surface area contributed by atoms with Crippen molar-refractivity contribution in [3.63, 3.8) is 0 Å². The van der Waals surface area contributed by atoms with E-state index in [1.165, 1.54) is 12.8 Å². The molecule has 2 heterocycles. The Morgan fingerprint density at radius 3 is 3.00 bits per heavy atom. The van der Waals surface area contributed by atoms with Gasteiger partial charge in [0.05, 0.1) is 19.3 Å². The van der Waals surface area contributed by atoms with Gasteiger partial charge in [-0.15, -0.1) is 0 Å². The van der Waals surface area contributed by atoms with Crippen molar-refractivity contribution in [1.29, 1.82) is 0 Å². The zero-order valence-corrected chi connectivity index (χ0v) is 12.9. The summed E-state index contributed by atoms with van der Waals surface area (Å²) in [6, 6.07) is 2.44. The maximum absolute atomic E-state index is 5.50. The summed E-state index contributed by atoms with van der Waals surface area (Å²) >= 11 is 1.59. The molecule has 1 N–H and O–H groups in total. The van der Waals surface area contributed by atoms with Gasteiger partial charge >= 0.3 is 0 Å². The number of nitrogens with zero attached hydrogens (tertiary/aromatic N) is 3. The summed E-state index contributed by atoms with van der Waals surface area (Å²) in [5.74, 6) is 2.80. The number of aromatic nitrogens is 2. The number of thioether (sulfide) groups is 1. The van der Waals surface area contributed by atoms with E-state index in [2.05, 4.69) is 33.2 Å². The predicted molar refractivity (Wildman–Crippen MR) is 82.7 cm³/mol. The first-order valence-electron chi connectivity index (χ1n) is 7.27. The lowest BCUT2D eigenvalue weighted by Crippen LogP contribution is -2.44. The number of hydrogen-bond acceptors (Lipinski definition) is 6. The summed E-state index contributed by atoms with van der Waals surface area (Å²) in [6.45, 7) is 5.64. The van der Waals surface area contributed by atoms with Crippen molar-refractivity contribution in [3.8, 4) is 0 Å². The van der Waals surface area contributed by atoms with E-state index < -0.39 is 0 Å². The van der Waals surface area contributed by atoms with Crippen molar-refractivity contribution >= 4 is 23.4 Å². The monoisotopic (exact) mass is 294 g/mol. The van der Waals surface area contributed by atoms with E-state index in [0.717, 1.165) is 49.0 Å². The first kappa shape index (κ1) is 13.9. The van der Waals surface area contributed by atoms with Crippen LogP contribution in [0.25, 0.3) is 0 Å². The molecule has 0 amide bonds. The molecule has 1 aromatic heterocycles. The van der Waals surface area contributed by atoms with Crippen LogP contribution in [-0.2, 0) is 4.74 Å². The van der Waals surface area contributed by atoms with Gasteiger partial charge in [-0.2, -0.15) is 0 Å². The lowest BCUT2D eigenvalue weighted by molar-refractivity contribution is 0.0984. The Morgan fingerprint density at radius 2 is 2.30 bits per heavy atom. The number of anilines is 2. The molecule has 0 spiro atoms. The van der Waals surface area contributed by atoms with Crippen LogP contribution in [0.4, 0.5) is 11.6 Å². The largest absolute Gasteiger partial charge is 0.377 e. The quantitative estimate of drug-likeness (QED) is 0.664. The van der Waals surface area contributed by atoms with Gasteiger partial charge in [-0.3, -0.25) is 0 Å². The summed E-state index contributed by atoms with van der Waals surface area (Å²) in [6.07, 6.45) is 4.72. The molecule has 1 saturated carbocycles. The minimum atomic E-state index is 0.365. The van der Waals surface area contributed by atoms with Gasteiger partial charge in [-0.25, -0.2) is 9.97 Å². The van der Waals surface area contributed by atoms with E-state index in [1.807, 2.05) is 6.26 Å². The molecule has 3 rings (SSSR count). The van der Waals surface area contributed by atoms with Crippen molar-refractivity contribution in [2.24, 2.45) is 5.92 Å². The summed E-state index contributed by atoms with van der Waals surface area (Å²) in [5, 5.41) is 4.29. The Bertz CT molecular complexity index is 466. The molecule has 1 saturated heterocycles. The number of ether oxygens (including phenoxy) is 1. The predicted octanol–water partition coefficient (Wildman–Crippen LogP) is 2.25. The minimum absolute atomic E-state index is 0.365. The second kappa shape index (κ2) is 6.18. The molecule has 110 valence electrons. The van der Waals surface area contributed by atoms with Crippen LogP contribution in [0.2, 0.25) is 0 Å². The van der Waals surface area contributed by atoms with E-state index >= 15 is 0 Å². The first-order chi connectivity index (χ1) is 9.76. The van der Waals surface area contributed by atoms with Crippen LogP contribution in [-0.4, -0.2) is 48.6 Å². The van der Waals surface area contributed by atoms with Gasteiger partial charge in [0, 0.05) is 19.2 Å². The average molecular weight is 294 g/mol. The van der Waals surface area contributed by atoms with Gasteiger partial charge in [0.2, 0.25) is 0 Å². The molecule has 0 bridgehead atoms. The third-order valence-corrected chi connectivity index (χ3v) is 4.35. The molecule has 2 fully saturated rings. The highest BCUT2D eigenvalue weighted by molar-refractivity contribution is 7.98. The number of hydrogen-bond donors (Lipinski definition) is 1. The molecule has 0 radical (unpaired) electrons. The number of nitrogens with one attached hydrogen (secondary N) is 1. The summed E-state index contributed by atoms with van der Waals surface area (Å²) in [7, 11) is 0. The van der Waals surface area contributed by atoms with E-state index in [1.54, 1.807) is 11.8 Å². The molecule has 20 heavy (non-hydrogen) atoms. The second-order valence-corrected chi connectivity index (χ2v) is 6.31. The lowest BCUT2D eigenvalue weighted by Gasteiger charge is -2.34. The highest BCUT2D eigenvalue weighted by atomic mass is 32.2. The molecule has 2 aliphatic rings. The Hall–Kier alpha value is -1.01. The highest BCUT2D eigenvalue weighted by Crippen LogP contribution is 2.29. The summed E-state index contributed by atoms with van der Waals surface area (Å²) < 4.78 is 5.50. The van der Waals surface area contributed by atoms with E-state index in [-0.39, 0.29) is 0 Å². The fraction of sp³-hybridized carbons (Fsp3) is 0.714. The van der Waals surface area contributed by atoms with Crippen LogP contribution in [0.5, 0.6) is 0 Å². The van der Waals surface area contributed by atoms with Crippen LogP contribution >= 0.6 is 11.8 Å². The van der Waals surface area contributed by atoms with Crippen molar-refractivity contribution in [1.82, 2.24) is 9.97 Å². The second-order valence-electron chi connectivity index (χ2n) is 5.54. The van der Waals surface area contributed by atoms with Crippen LogP contribution in [0.1, 0.15) is 19.8 Å². The van der Waals surface area contributed by atoms with Gasteiger partial charge in [0.25, 0.3) is 0 Å². The molecule has 0 aromatic carbocycles. The van der Waals surface area contributed by atoms with Gasteiger partial charge < -0.3 is 15.0 Å². The van der Waals surface area contributed by atoms with Crippen molar-refractivity contribution in [2.45, 2.75) is 31.0 Å². The minimum Gasteiger partial charge on any atom is -0.377 e. The molecule has 6 heteroatoms. The molecule has 1 aliphatic carbocycles. The van der Waals surface area contributed by atoms with E-state index in [4.69, 9.17) is 4.74 Å². The van der Waals surface area contributed by atoms with Crippen molar-refractivity contribution in [2.75, 3.05) is 42.8 Å². The maximum Gasteiger partial charge on any atom is 0.191 e. The average Bonchev–Trinajstić information content (AvgIpc) is 3.29. The maximum atomic E-state index is 5.50. The van der Waals surface area contributed by atoms with Crippen LogP contribution < -0.4 is 10.2 Å². The third kappa shape index (κ3) is 3.35. The zero-order chi connectivity index (χ0) is 13.9. The molecule has 1 aliphatic heterocycles. The molecular formula is C14H22N4OS. The number of morpholine rings is 1. The summed E-state index contributed by atoms with van der Waals surface area (Å²) in [4.78, 5) is 11.5. The van der Waals surface area contributed by atoms with Gasteiger partial charge in [-0.1, -0.05) is 11.8 Å². The van der Waals surface area contributed by atoms with Crippen molar-refractivity contribution < 1.29 is 4.74 Å². The highest BCUT2D eigenvalue weighted by Gasteiger charge is 2.23. The standard InChI is InChI=1S/C14H22N4OS/c1-10-9-19-6-5-18(10)13-7-12(15-8-11-3-4-11)16-14(17-13)20-2/h7,10-11H,3-6,8-9H2,1-2H3,(H,15,16,17)/t10-/m1/s1. The SMILES string of the molecule is CSc1nc(NCC2CC2)cc(N2CCOC[C@H]2C)n1. The smallest absolute Gasteiger partial charge is 0.191 e. The zero-order valence-electron chi connectivity index (χ0n) is 12.1. The third-order valence-electron chi connectivity index (χ3n) is 3.81. The molecule has 1 aromatic rings. The van der Waals surface area contributed by atoms with Crippen LogP contribution in [0.3, 0.4) is 0 Å². The molecule has 5 nitrogen and oxygen atoms in total. The Labute approximate surface area is 124 Å². The van der Waals surface area contributed by atoms with E-state index in [9.17, 15) is 0 Å². The first-order valence-corrected chi connectivity index (χ1v) is 8.50. The molecule has 0 unspecified atom stereocenters. The fourth-order valence-corrected chi connectivity index (χ4v) is 2.75. The Morgan fingerprint density at radius 1 is 1.45 bits per heavy atom. The lowest BCUT2D eigenvalue weighted by atomic mass is 10.2. The van der Waals surface area contributed by atoms with Crippen LogP contribution in [0.15, 0.2) is 11.2 Å². The van der Waals surface area contributed by atoms with Crippen molar-refractivity contribution in [3.05, 3.63) is 6.07 Å². The molecule has 1 atom stereocenters.